The van der Waals surface area contributed by atoms with Crippen molar-refractivity contribution in [3.05, 3.63) is 159 Å². The summed E-state index contributed by atoms with van der Waals surface area (Å²) < 4.78 is 6.77. The Morgan fingerprint density at radius 2 is 0.986 bits per heavy atom. The van der Waals surface area contributed by atoms with Crippen molar-refractivity contribution in [2.75, 3.05) is 10.2 Å². The van der Waals surface area contributed by atoms with Crippen molar-refractivity contribution in [3.63, 3.8) is 0 Å². The van der Waals surface area contributed by atoms with E-state index in [0.29, 0.717) is 0 Å². The predicted octanol–water partition coefficient (Wildman–Crippen LogP) is 18.1. The molecule has 0 bridgehead atoms. The highest BCUT2D eigenvalue weighted by molar-refractivity contribution is 6.74. The molecule has 0 atom stereocenters. The van der Waals surface area contributed by atoms with E-state index in [4.69, 9.17) is 4.42 Å². The van der Waals surface area contributed by atoms with Gasteiger partial charge in [-0.05, 0) is 205 Å². The Balaban J connectivity index is 1.15. The average Bonchev–Trinajstić information content (AvgIpc) is 3.84. The third kappa shape index (κ3) is 6.84. The molecule has 4 heteroatoms. The Labute approximate surface area is 442 Å². The maximum absolute atomic E-state index is 6.77. The number of rotatable bonds is 4. The Kier molecular flexibility index (Phi) is 9.88. The largest absolute Gasteiger partial charge is 0.456 e. The van der Waals surface area contributed by atoms with Crippen LogP contribution in [0.15, 0.2) is 114 Å². The summed E-state index contributed by atoms with van der Waals surface area (Å²) in [7, 11) is 2.53. The summed E-state index contributed by atoms with van der Waals surface area (Å²) in [5.74, 6) is 0. The first-order chi connectivity index (χ1) is 34.8. The van der Waals surface area contributed by atoms with Crippen LogP contribution in [0.25, 0.3) is 44.2 Å². The number of para-hydroxylation sites is 1. The fourth-order valence-electron chi connectivity index (χ4n) is 14.8. The molecular formula is C70H76BN2O. The molecule has 1 aliphatic heterocycles. The molecule has 0 saturated carbocycles. The first kappa shape index (κ1) is 47.7. The maximum atomic E-state index is 6.77. The van der Waals surface area contributed by atoms with E-state index < -0.39 is 0 Å². The number of hydrogen-bond donors (Lipinski definition) is 1. The average molecular weight is 972 g/mol. The topological polar surface area (TPSA) is 28.4 Å². The van der Waals surface area contributed by atoms with Gasteiger partial charge < -0.3 is 14.6 Å². The highest BCUT2D eigenvalue weighted by Gasteiger charge is 2.45. The van der Waals surface area contributed by atoms with Crippen molar-refractivity contribution in [3.8, 4) is 22.3 Å². The molecule has 0 unspecified atom stereocenters. The van der Waals surface area contributed by atoms with E-state index in [0.717, 1.165) is 46.9 Å². The minimum Gasteiger partial charge on any atom is -0.456 e. The molecule has 2 heterocycles. The molecule has 0 amide bonds. The van der Waals surface area contributed by atoms with Crippen LogP contribution in [0.4, 0.5) is 28.4 Å². The molecule has 74 heavy (non-hydrogen) atoms. The van der Waals surface area contributed by atoms with Crippen LogP contribution in [-0.4, -0.2) is 7.28 Å². The number of anilines is 5. The van der Waals surface area contributed by atoms with Gasteiger partial charge in [0.1, 0.15) is 11.2 Å². The van der Waals surface area contributed by atoms with Gasteiger partial charge in [-0.2, -0.15) is 0 Å². The summed E-state index contributed by atoms with van der Waals surface area (Å²) >= 11 is 0. The molecule has 5 aliphatic rings. The Morgan fingerprint density at radius 3 is 1.66 bits per heavy atom. The Hall–Kier alpha value is -6.00. The third-order valence-corrected chi connectivity index (χ3v) is 20.0. The molecule has 3 nitrogen and oxygen atoms in total. The predicted molar refractivity (Wildman–Crippen MR) is 317 cm³/mol. The molecule has 0 saturated heterocycles. The minimum atomic E-state index is -0.261. The molecule has 8 aromatic rings. The lowest BCUT2D eigenvalue weighted by Gasteiger charge is -2.44. The number of nitrogens with one attached hydrogen (secondary N) is 1. The molecule has 1 N–H and O–H groups in total. The molecule has 7 aromatic carbocycles. The second kappa shape index (κ2) is 15.3. The van der Waals surface area contributed by atoms with E-state index in [9.17, 15) is 0 Å². The van der Waals surface area contributed by atoms with Crippen molar-refractivity contribution in [1.82, 2.24) is 0 Å². The van der Waals surface area contributed by atoms with Crippen LogP contribution in [0.3, 0.4) is 0 Å². The first-order valence-corrected chi connectivity index (χ1v) is 28.0. The third-order valence-electron chi connectivity index (χ3n) is 20.0. The summed E-state index contributed by atoms with van der Waals surface area (Å²) in [5.41, 5.74) is 28.5. The smallest absolute Gasteiger partial charge is 0.198 e. The summed E-state index contributed by atoms with van der Waals surface area (Å²) in [6, 6.07) is 42.9. The standard InChI is InChI=1S/C70H76BN2O/c1-40-32-48-52(69(12,13)31-28-65(48,4)5)37-56(40)73-57-35-44-42-20-17-19-23-59(42)74-60(44)39-54(57)71-63-58(73)38-53-61(43-21-16-18-22-46(43)70(53,14)15)62(63)45-34-50-51(68(10,11)30-29-67(50,8)9)36-55(45)72-41-24-25-47-49(33-41)66(6,7)27-26-64(47,2)3/h16-25,32-39,72H,26-31H2,1-15H3. The molecular weight excluding hydrogens is 896 g/mol. The SMILES string of the molecule is Cc1cc2c(cc1N1c3cc4c(cc3[B]c3c1cc1c(c3-c3cc5c(cc3Nc3ccc6c(c3)C(C)(C)CCC6(C)C)C(C)(C)CCC5(C)C)-c3ccccc3C1(C)C)oc1ccccc14)C(C)(C)CCC2(C)C. The minimum absolute atomic E-state index is 0.00910. The van der Waals surface area contributed by atoms with E-state index in [1.54, 1.807) is 0 Å². The van der Waals surface area contributed by atoms with Gasteiger partial charge in [0, 0.05) is 50.2 Å². The van der Waals surface area contributed by atoms with Crippen molar-refractivity contribution >= 4 is 68.6 Å². The number of benzene rings is 7. The molecule has 0 spiro atoms. The molecule has 13 rings (SSSR count). The van der Waals surface area contributed by atoms with Gasteiger partial charge in [0.15, 0.2) is 7.28 Å². The number of aryl methyl sites for hydroxylation is 1. The van der Waals surface area contributed by atoms with Crippen molar-refractivity contribution in [2.45, 2.75) is 180 Å². The van der Waals surface area contributed by atoms with Crippen LogP contribution in [0.5, 0.6) is 0 Å². The summed E-state index contributed by atoms with van der Waals surface area (Å²) in [6.45, 7) is 36.8. The second-order valence-electron chi connectivity index (χ2n) is 28.1. The normalized spacial score (nSPS) is 20.3. The highest BCUT2D eigenvalue weighted by atomic mass is 16.3. The molecule has 375 valence electrons. The van der Waals surface area contributed by atoms with Crippen molar-refractivity contribution < 1.29 is 4.42 Å². The van der Waals surface area contributed by atoms with E-state index in [-0.39, 0.29) is 37.9 Å². The highest BCUT2D eigenvalue weighted by Crippen LogP contribution is 2.58. The van der Waals surface area contributed by atoms with Crippen molar-refractivity contribution in [2.24, 2.45) is 0 Å². The van der Waals surface area contributed by atoms with Gasteiger partial charge in [0.25, 0.3) is 0 Å². The Morgan fingerprint density at radius 1 is 0.432 bits per heavy atom. The van der Waals surface area contributed by atoms with Crippen LogP contribution in [0.1, 0.15) is 186 Å². The number of hydrogen-bond acceptors (Lipinski definition) is 3. The van der Waals surface area contributed by atoms with E-state index >= 15 is 0 Å². The van der Waals surface area contributed by atoms with Crippen LogP contribution < -0.4 is 21.1 Å². The van der Waals surface area contributed by atoms with E-state index in [1.807, 2.05) is 0 Å². The van der Waals surface area contributed by atoms with Gasteiger partial charge in [0.2, 0.25) is 0 Å². The molecule has 1 radical (unpaired) electrons. The zero-order chi connectivity index (χ0) is 52.0. The second-order valence-corrected chi connectivity index (χ2v) is 28.1. The quantitative estimate of drug-likeness (QED) is 0.178. The first-order valence-electron chi connectivity index (χ1n) is 28.0. The van der Waals surface area contributed by atoms with Crippen molar-refractivity contribution in [1.29, 1.82) is 0 Å². The van der Waals surface area contributed by atoms with Crippen LogP contribution >= 0.6 is 0 Å². The number of fused-ring (bicyclic) bond motifs is 11. The van der Waals surface area contributed by atoms with Crippen LogP contribution in [0, 0.1) is 6.92 Å². The van der Waals surface area contributed by atoms with Gasteiger partial charge in [-0.15, -0.1) is 0 Å². The maximum Gasteiger partial charge on any atom is 0.198 e. The fraction of sp³-hybridized carbons (Fsp3) is 0.400. The molecule has 1 aromatic heterocycles. The molecule has 0 fully saturated rings. The summed E-state index contributed by atoms with van der Waals surface area (Å²) in [5, 5.41) is 6.56. The van der Waals surface area contributed by atoms with Crippen LogP contribution in [-0.2, 0) is 37.9 Å². The summed E-state index contributed by atoms with van der Waals surface area (Å²) in [4.78, 5) is 2.67. The van der Waals surface area contributed by atoms with Gasteiger partial charge >= 0.3 is 0 Å². The van der Waals surface area contributed by atoms with Gasteiger partial charge in [0.05, 0.1) is 0 Å². The fourth-order valence-corrected chi connectivity index (χ4v) is 14.8. The number of furan rings is 1. The monoisotopic (exact) mass is 972 g/mol. The lowest BCUT2D eigenvalue weighted by molar-refractivity contribution is 0.332. The number of nitrogens with zero attached hydrogens (tertiary/aromatic N) is 1. The van der Waals surface area contributed by atoms with Crippen LogP contribution in [0.2, 0.25) is 0 Å². The summed E-state index contributed by atoms with van der Waals surface area (Å²) in [6.07, 6.45) is 6.99. The van der Waals surface area contributed by atoms with Gasteiger partial charge in [-0.25, -0.2) is 0 Å². The van der Waals surface area contributed by atoms with Gasteiger partial charge in [-0.1, -0.05) is 157 Å². The lowest BCUT2D eigenvalue weighted by atomic mass is 9.56. The van der Waals surface area contributed by atoms with E-state index in [1.165, 1.54) is 125 Å². The van der Waals surface area contributed by atoms with Gasteiger partial charge in [-0.3, -0.25) is 0 Å². The zero-order valence-corrected chi connectivity index (χ0v) is 47.1. The lowest BCUT2D eigenvalue weighted by Crippen LogP contribution is -2.42. The molecule has 4 aliphatic carbocycles. The zero-order valence-electron chi connectivity index (χ0n) is 47.1. The Bertz CT molecular complexity index is 3740. The van der Waals surface area contributed by atoms with E-state index in [2.05, 4.69) is 231 Å².